The van der Waals surface area contributed by atoms with E-state index in [-0.39, 0.29) is 12.2 Å². The number of amides is 2. The first-order chi connectivity index (χ1) is 20.9. The van der Waals surface area contributed by atoms with Crippen molar-refractivity contribution < 1.29 is 19.1 Å². The van der Waals surface area contributed by atoms with Gasteiger partial charge in [-0.3, -0.25) is 0 Å². The minimum Gasteiger partial charge on any atom is -0.444 e. The molecule has 4 aliphatic heterocycles. The number of carbonyl (C=O) groups excluding carboxylic acids is 2. The zero-order chi connectivity index (χ0) is 31.5. The Bertz CT molecular complexity index is 873. The Balaban J connectivity index is 0.000000175. The first kappa shape index (κ1) is 33.8. The second-order valence-electron chi connectivity index (χ2n) is 16.6. The van der Waals surface area contributed by atoms with Crippen molar-refractivity contribution in [1.29, 1.82) is 0 Å². The summed E-state index contributed by atoms with van der Waals surface area (Å²) in [5.74, 6) is 1.32. The molecule has 2 aliphatic carbocycles. The molecule has 0 bridgehead atoms. The number of rotatable bonds is 2. The van der Waals surface area contributed by atoms with Gasteiger partial charge >= 0.3 is 12.2 Å². The lowest BCUT2D eigenvalue weighted by Crippen LogP contribution is -2.57. The lowest BCUT2D eigenvalue weighted by molar-refractivity contribution is -0.0265. The molecule has 6 atom stereocenters. The average Bonchev–Trinajstić information content (AvgIpc) is 3.70. The van der Waals surface area contributed by atoms with E-state index in [9.17, 15) is 9.59 Å². The van der Waals surface area contributed by atoms with Crippen molar-refractivity contribution >= 4 is 12.2 Å². The number of hydrogen-bond donors (Lipinski definition) is 0. The monoisotopic (exact) mass is 616 g/mol. The molecule has 0 aromatic rings. The fraction of sp³-hybridized carbons (Fsp3) is 0.944. The molecule has 6 aliphatic rings. The summed E-state index contributed by atoms with van der Waals surface area (Å²) < 4.78 is 11.3. The summed E-state index contributed by atoms with van der Waals surface area (Å²) >= 11 is 0. The molecule has 0 aromatic heterocycles. The van der Waals surface area contributed by atoms with E-state index >= 15 is 0 Å². The highest BCUT2D eigenvalue weighted by atomic mass is 16.6. The highest BCUT2D eigenvalue weighted by molar-refractivity contribution is 5.69. The van der Waals surface area contributed by atoms with Crippen LogP contribution in [0.3, 0.4) is 0 Å². The SMILES string of the molecule is CC(C)(C)OC(=O)N1CCC[C@@H]2[C@@H](N3CCCC3)CCC[C@@H]21.CC(C)(C)OC(=O)N1CCC[C@H]2[C@H](N3CCCC3)CCC[C@H]21. The van der Waals surface area contributed by atoms with Crippen molar-refractivity contribution in [3.8, 4) is 0 Å². The molecule has 6 fully saturated rings. The van der Waals surface area contributed by atoms with E-state index < -0.39 is 11.2 Å². The van der Waals surface area contributed by atoms with Crippen molar-refractivity contribution in [3.63, 3.8) is 0 Å². The third-order valence-corrected chi connectivity index (χ3v) is 11.1. The van der Waals surface area contributed by atoms with Gasteiger partial charge in [0, 0.05) is 37.3 Å². The molecular weight excluding hydrogens is 552 g/mol. The van der Waals surface area contributed by atoms with Gasteiger partial charge in [0.25, 0.3) is 0 Å². The molecule has 6 rings (SSSR count). The van der Waals surface area contributed by atoms with E-state index in [1.54, 1.807) is 0 Å². The predicted molar refractivity (Wildman–Crippen MR) is 176 cm³/mol. The van der Waals surface area contributed by atoms with E-state index in [2.05, 4.69) is 19.6 Å². The van der Waals surface area contributed by atoms with Crippen LogP contribution in [0, 0.1) is 11.8 Å². The van der Waals surface area contributed by atoms with Crippen LogP contribution in [0.1, 0.15) is 131 Å². The van der Waals surface area contributed by atoms with Crippen molar-refractivity contribution in [2.75, 3.05) is 39.3 Å². The molecule has 44 heavy (non-hydrogen) atoms. The average molecular weight is 617 g/mol. The van der Waals surface area contributed by atoms with Gasteiger partial charge in [-0.2, -0.15) is 0 Å². The fourth-order valence-electron chi connectivity index (χ4n) is 9.46. The maximum Gasteiger partial charge on any atom is 0.410 e. The maximum absolute atomic E-state index is 12.6. The second kappa shape index (κ2) is 14.5. The highest BCUT2D eigenvalue weighted by Crippen LogP contribution is 2.41. The Hall–Kier alpha value is -1.54. The third-order valence-electron chi connectivity index (χ3n) is 11.1. The van der Waals surface area contributed by atoms with E-state index in [4.69, 9.17) is 9.47 Å². The summed E-state index contributed by atoms with van der Waals surface area (Å²) in [6.45, 7) is 18.6. The molecule has 2 amide bonds. The van der Waals surface area contributed by atoms with Gasteiger partial charge in [-0.05, 0) is 169 Å². The summed E-state index contributed by atoms with van der Waals surface area (Å²) in [5, 5.41) is 0. The Kier molecular flexibility index (Phi) is 11.1. The zero-order valence-electron chi connectivity index (χ0n) is 29.0. The molecule has 4 heterocycles. The van der Waals surface area contributed by atoms with Crippen LogP contribution in [0.5, 0.6) is 0 Å². The van der Waals surface area contributed by atoms with Gasteiger partial charge in [0.1, 0.15) is 11.2 Å². The summed E-state index contributed by atoms with van der Waals surface area (Å²) in [5.41, 5.74) is -0.792. The predicted octanol–water partition coefficient (Wildman–Crippen LogP) is 7.30. The summed E-state index contributed by atoms with van der Waals surface area (Å²) in [6, 6.07) is 2.21. The van der Waals surface area contributed by atoms with E-state index in [0.29, 0.717) is 36.0 Å². The first-order valence-corrected chi connectivity index (χ1v) is 18.4. The normalized spacial score (nSPS) is 33.6. The number of carbonyl (C=O) groups is 2. The quantitative estimate of drug-likeness (QED) is 0.324. The molecule has 0 unspecified atom stereocenters. The van der Waals surface area contributed by atoms with Gasteiger partial charge < -0.3 is 29.1 Å². The van der Waals surface area contributed by atoms with Gasteiger partial charge in [-0.15, -0.1) is 0 Å². The molecule has 0 aromatic carbocycles. The van der Waals surface area contributed by atoms with Crippen LogP contribution in [0.15, 0.2) is 0 Å². The molecule has 8 nitrogen and oxygen atoms in total. The van der Waals surface area contributed by atoms with E-state index in [1.165, 1.54) is 90.4 Å². The highest BCUT2D eigenvalue weighted by Gasteiger charge is 2.45. The molecule has 4 saturated heterocycles. The fourth-order valence-corrected chi connectivity index (χ4v) is 9.46. The first-order valence-electron chi connectivity index (χ1n) is 18.4. The van der Waals surface area contributed by atoms with Gasteiger partial charge in [0.05, 0.1) is 0 Å². The van der Waals surface area contributed by atoms with Crippen LogP contribution in [0.2, 0.25) is 0 Å². The molecule has 0 N–H and O–H groups in total. The summed E-state index contributed by atoms with van der Waals surface area (Å²) in [6.07, 6.45) is 17.5. The number of ether oxygens (including phenoxy) is 2. The van der Waals surface area contributed by atoms with Crippen LogP contribution in [0.4, 0.5) is 9.59 Å². The lowest BCUT2D eigenvalue weighted by Gasteiger charge is -2.49. The standard InChI is InChI=1S/2C18H32N2O2/c2*1-18(2,3)22-17(21)20-13-7-8-14-15(9-6-10-16(14)20)19-11-4-5-12-19/h2*14-16H,4-13H2,1-3H3/t2*14-,15+,16+/m10/s1. The molecule has 0 spiro atoms. The molecule has 252 valence electrons. The van der Waals surface area contributed by atoms with Gasteiger partial charge in [0.15, 0.2) is 0 Å². The van der Waals surface area contributed by atoms with Crippen LogP contribution >= 0.6 is 0 Å². The third kappa shape index (κ3) is 8.43. The van der Waals surface area contributed by atoms with Gasteiger partial charge in [-0.1, -0.05) is 0 Å². The Morgan fingerprint density at radius 3 is 1.14 bits per heavy atom. The van der Waals surface area contributed by atoms with Crippen molar-refractivity contribution in [2.24, 2.45) is 11.8 Å². The number of likely N-dealkylation sites (tertiary alicyclic amines) is 4. The number of hydrogen-bond acceptors (Lipinski definition) is 6. The molecule has 2 saturated carbocycles. The Morgan fingerprint density at radius 2 is 0.795 bits per heavy atom. The number of nitrogens with zero attached hydrogens (tertiary/aromatic N) is 4. The lowest BCUT2D eigenvalue weighted by atomic mass is 9.74. The Morgan fingerprint density at radius 1 is 0.455 bits per heavy atom. The smallest absolute Gasteiger partial charge is 0.410 e. The van der Waals surface area contributed by atoms with Crippen LogP contribution in [-0.4, -0.2) is 106 Å². The molecule has 8 heteroatoms. The molecular formula is C36H64N4O4. The van der Waals surface area contributed by atoms with Crippen molar-refractivity contribution in [2.45, 2.75) is 167 Å². The minimum absolute atomic E-state index is 0.0933. The largest absolute Gasteiger partial charge is 0.444 e. The number of fused-ring (bicyclic) bond motifs is 2. The van der Waals surface area contributed by atoms with Crippen molar-refractivity contribution in [1.82, 2.24) is 19.6 Å². The van der Waals surface area contributed by atoms with Crippen LogP contribution in [-0.2, 0) is 9.47 Å². The Labute approximate surface area is 268 Å². The summed E-state index contributed by atoms with van der Waals surface area (Å²) in [4.78, 5) is 34.7. The minimum atomic E-state index is -0.396. The van der Waals surface area contributed by atoms with Gasteiger partial charge in [-0.25, -0.2) is 9.59 Å². The number of piperidine rings is 2. The summed E-state index contributed by atoms with van der Waals surface area (Å²) in [7, 11) is 0. The van der Waals surface area contributed by atoms with E-state index in [0.717, 1.165) is 38.8 Å². The van der Waals surface area contributed by atoms with Crippen molar-refractivity contribution in [3.05, 3.63) is 0 Å². The van der Waals surface area contributed by atoms with Crippen LogP contribution in [0.25, 0.3) is 0 Å². The zero-order valence-corrected chi connectivity index (χ0v) is 29.0. The van der Waals surface area contributed by atoms with E-state index in [1.807, 2.05) is 41.5 Å². The van der Waals surface area contributed by atoms with Crippen LogP contribution < -0.4 is 0 Å². The topological polar surface area (TPSA) is 65.6 Å². The van der Waals surface area contributed by atoms with Gasteiger partial charge in [0.2, 0.25) is 0 Å². The second-order valence-corrected chi connectivity index (χ2v) is 16.6. The maximum atomic E-state index is 12.6. The molecule has 0 radical (unpaired) electrons.